The lowest BCUT2D eigenvalue weighted by molar-refractivity contribution is -0.137. The van der Waals surface area contributed by atoms with E-state index in [1.54, 1.807) is 0 Å². The third-order valence-corrected chi connectivity index (χ3v) is 18.9. The number of hydrogen-bond donors (Lipinski definition) is 16. The topological polar surface area (TPSA) is 414 Å². The number of unbranched alkanes of at least 4 members (excludes halogenated alkanes) is 7. The molecule has 7 aromatic carbocycles. The van der Waals surface area contributed by atoms with E-state index in [1.165, 1.54) is 79.2 Å². The van der Waals surface area contributed by atoms with Crippen LogP contribution >= 0.6 is 23.2 Å². The zero-order valence-electron chi connectivity index (χ0n) is 56.4. The van der Waals surface area contributed by atoms with E-state index in [2.05, 4.69) is 49.5 Å². The molecule has 0 saturated carbocycles. The third kappa shape index (κ3) is 16.8. The molecule has 6 aliphatic rings. The van der Waals surface area contributed by atoms with Crippen molar-refractivity contribution in [3.63, 3.8) is 0 Å². The fraction of sp³-hybridized carbons (Fsp3) is 0.338. The lowest BCUT2D eigenvalue weighted by Crippen LogP contribution is -2.56. The van der Waals surface area contributed by atoms with Crippen molar-refractivity contribution in [3.05, 3.63) is 164 Å². The Morgan fingerprint density at radius 3 is 1.83 bits per heavy atom. The van der Waals surface area contributed by atoms with Crippen molar-refractivity contribution < 1.29 is 83.5 Å². The van der Waals surface area contributed by atoms with Gasteiger partial charge in [0, 0.05) is 36.7 Å². The van der Waals surface area contributed by atoms with Crippen LogP contribution in [0.3, 0.4) is 0 Å². The van der Waals surface area contributed by atoms with Crippen LogP contribution in [0.5, 0.6) is 69.0 Å². The molecule has 542 valence electrons. The highest BCUT2D eigenvalue weighted by Gasteiger charge is 2.42. The Bertz CT molecular complexity index is 4440. The average molecular weight is 1450 g/mol. The smallest absolute Gasteiger partial charge is 0.248 e. The van der Waals surface area contributed by atoms with E-state index in [4.69, 9.17) is 43.1 Å². The molecule has 0 radical (unpaired) electrons. The van der Waals surface area contributed by atoms with Gasteiger partial charge in [-0.1, -0.05) is 99.3 Å². The van der Waals surface area contributed by atoms with Crippen LogP contribution in [0, 0.1) is 0 Å². The van der Waals surface area contributed by atoms with Gasteiger partial charge >= 0.3 is 0 Å². The second-order valence-corrected chi connectivity index (χ2v) is 26.9. The molecule has 0 saturated heterocycles. The Morgan fingerprint density at radius 1 is 0.544 bits per heavy atom. The highest BCUT2D eigenvalue weighted by Crippen LogP contribution is 2.49. The maximum absolute atomic E-state index is 16.1. The minimum Gasteiger partial charge on any atom is -0.508 e. The zero-order chi connectivity index (χ0) is 73.5. The lowest BCUT2D eigenvalue weighted by Gasteiger charge is -2.32. The molecule has 1 unspecified atom stereocenters. The van der Waals surface area contributed by atoms with Crippen molar-refractivity contribution >= 4 is 64.6 Å². The number of carbonyl (C=O) groups is 7. The van der Waals surface area contributed by atoms with E-state index in [0.717, 1.165) is 81.3 Å². The van der Waals surface area contributed by atoms with Crippen LogP contribution in [0.25, 0.3) is 11.1 Å². The van der Waals surface area contributed by atoms with Gasteiger partial charge in [-0.25, -0.2) is 0 Å². The summed E-state index contributed by atoms with van der Waals surface area (Å²) in [4.78, 5) is 109. The maximum Gasteiger partial charge on any atom is 0.248 e. The molecule has 6 aliphatic heterocycles. The number of rotatable bonds is 16. The van der Waals surface area contributed by atoms with E-state index < -0.39 is 136 Å². The predicted molar refractivity (Wildman–Crippen MR) is 378 cm³/mol. The van der Waals surface area contributed by atoms with Crippen LogP contribution in [-0.2, 0) is 46.5 Å². The number of benzene rings is 7. The summed E-state index contributed by atoms with van der Waals surface area (Å²) in [5.74, 6) is -13.2. The minimum absolute atomic E-state index is 0.0484. The Labute approximate surface area is 602 Å². The number of aromatic hydroxyl groups is 6. The van der Waals surface area contributed by atoms with Crippen molar-refractivity contribution in [2.75, 3.05) is 33.7 Å². The summed E-state index contributed by atoms with van der Waals surface area (Å²) in [5, 5.41) is 106. The van der Waals surface area contributed by atoms with Crippen LogP contribution in [0.1, 0.15) is 146 Å². The van der Waals surface area contributed by atoms with Gasteiger partial charge < -0.3 is 103 Å². The van der Waals surface area contributed by atoms with Crippen molar-refractivity contribution in [1.82, 2.24) is 47.4 Å². The molecule has 27 nitrogen and oxygen atoms in total. The molecule has 103 heavy (non-hydrogen) atoms. The van der Waals surface area contributed by atoms with Gasteiger partial charge in [0.05, 0.1) is 15.6 Å². The van der Waals surface area contributed by atoms with E-state index in [1.807, 2.05) is 19.0 Å². The quantitative estimate of drug-likeness (QED) is 0.0405. The molecule has 8 atom stereocenters. The first-order valence-electron chi connectivity index (χ1n) is 33.8. The van der Waals surface area contributed by atoms with Gasteiger partial charge in [-0.15, -0.1) is 0 Å². The fourth-order valence-electron chi connectivity index (χ4n) is 12.8. The first-order chi connectivity index (χ1) is 49.3. The van der Waals surface area contributed by atoms with Gasteiger partial charge in [0.2, 0.25) is 47.1 Å². The Kier molecular flexibility index (Phi) is 23.0. The SMILES string of the molecule is CCCCCCCCCCNCc1c(O)cc2c(c1O)-c1cc(ccc1O)[C@@H]1NC(=O)[C@H]3NC(=O)[C@H]4NC(=O)[C@H](Cc5ccc(c(Cl)c5)Oc5cc3cc(c5O)Oc3ccc(cc3Cl)C(O)[C@H](NC1=O)C(=O)N[C@@H]2C(=O)NCCCN(C)C)NC(=O)[C@@H](N)c1ccc(O)c(c1)Oc1cc(O)cc4c1. The number of aliphatic hydroxyl groups excluding tert-OH is 1. The number of nitrogens with one attached hydrogen (secondary N) is 8. The summed E-state index contributed by atoms with van der Waals surface area (Å²) in [6.07, 6.45) is 6.28. The van der Waals surface area contributed by atoms with Crippen LogP contribution in [-0.4, -0.2) is 128 Å². The van der Waals surface area contributed by atoms with E-state index in [-0.39, 0.29) is 103 Å². The van der Waals surface area contributed by atoms with Gasteiger partial charge in [0.15, 0.2) is 23.0 Å². The number of hydrogen-bond acceptors (Lipinski definition) is 20. The second-order valence-electron chi connectivity index (χ2n) is 26.1. The number of phenols is 6. The van der Waals surface area contributed by atoms with Crippen LogP contribution in [0.15, 0.2) is 109 Å². The van der Waals surface area contributed by atoms with E-state index >= 15 is 24.0 Å². The molecular formula is C74H80Cl2N10O17. The number of carbonyl (C=O) groups excluding carboxylic acids is 7. The van der Waals surface area contributed by atoms with Gasteiger partial charge in [0.25, 0.3) is 0 Å². The molecule has 17 N–H and O–H groups in total. The molecule has 13 rings (SSSR count). The molecule has 0 aromatic heterocycles. The molecule has 17 bridgehead atoms. The van der Waals surface area contributed by atoms with Gasteiger partial charge in [0.1, 0.15) is 88.6 Å². The first-order valence-corrected chi connectivity index (χ1v) is 34.5. The summed E-state index contributed by atoms with van der Waals surface area (Å²) in [7, 11) is 3.66. The molecule has 6 heterocycles. The number of nitrogens with zero attached hydrogens (tertiary/aromatic N) is 1. The molecule has 0 fully saturated rings. The second kappa shape index (κ2) is 32.2. The highest BCUT2D eigenvalue weighted by molar-refractivity contribution is 6.32. The number of ether oxygens (including phenoxy) is 3. The number of aliphatic hydroxyl groups is 1. The van der Waals surface area contributed by atoms with Crippen LogP contribution in [0.4, 0.5) is 0 Å². The van der Waals surface area contributed by atoms with Crippen molar-refractivity contribution in [1.29, 1.82) is 0 Å². The van der Waals surface area contributed by atoms with Gasteiger partial charge in [-0.3, -0.25) is 33.6 Å². The van der Waals surface area contributed by atoms with Crippen LogP contribution in [0.2, 0.25) is 10.0 Å². The molecule has 0 aliphatic carbocycles. The zero-order valence-corrected chi connectivity index (χ0v) is 57.9. The van der Waals surface area contributed by atoms with E-state index in [0.29, 0.717) is 25.1 Å². The molecule has 7 aromatic rings. The predicted octanol–water partition coefficient (Wildman–Crippen LogP) is 8.20. The number of halogens is 2. The minimum atomic E-state index is -2.17. The largest absolute Gasteiger partial charge is 0.508 e. The van der Waals surface area contributed by atoms with Gasteiger partial charge in [-0.05, 0) is 158 Å². The number of amides is 7. The summed E-state index contributed by atoms with van der Waals surface area (Å²) in [5.41, 5.74) is 5.09. The Hall–Kier alpha value is -10.6. The van der Waals surface area contributed by atoms with Crippen molar-refractivity contribution in [2.24, 2.45) is 5.73 Å². The van der Waals surface area contributed by atoms with Crippen molar-refractivity contribution in [3.8, 4) is 80.1 Å². The lowest BCUT2D eigenvalue weighted by atomic mass is 9.87. The monoisotopic (exact) mass is 1450 g/mol. The molecule has 0 spiro atoms. The molecular weight excluding hydrogens is 1370 g/mol. The first kappa shape index (κ1) is 73.7. The average Bonchev–Trinajstić information content (AvgIpc) is 0.757. The molecule has 29 heteroatoms. The highest BCUT2D eigenvalue weighted by atomic mass is 35.5. The summed E-state index contributed by atoms with van der Waals surface area (Å²) in [6.45, 7) is 3.04. The normalized spacial score (nSPS) is 20.3. The Morgan fingerprint density at radius 2 is 1.15 bits per heavy atom. The van der Waals surface area contributed by atoms with Crippen LogP contribution < -0.4 is 62.5 Å². The number of nitrogens with two attached hydrogens (primary N) is 1. The van der Waals surface area contributed by atoms with Gasteiger partial charge in [-0.2, -0.15) is 0 Å². The number of phenolic OH excluding ortho intramolecular Hbond substituents is 6. The fourth-order valence-corrected chi connectivity index (χ4v) is 13.3. The third-order valence-electron chi connectivity index (χ3n) is 18.3. The Balaban J connectivity index is 1.09. The van der Waals surface area contributed by atoms with Crippen molar-refractivity contribution in [2.45, 2.75) is 126 Å². The summed E-state index contributed by atoms with van der Waals surface area (Å²) >= 11 is 13.9. The van der Waals surface area contributed by atoms with E-state index in [9.17, 15) is 45.3 Å². The summed E-state index contributed by atoms with van der Waals surface area (Å²) < 4.78 is 18.7. The maximum atomic E-state index is 16.1. The molecule has 7 amide bonds. The standard InChI is InChI=1S/C74H80Cl2N10O17/c1-4-5-6-7-8-9-10-11-21-78-35-46-52(90)34-45-58(66(46)92)44-28-38(15-17-50(44)88)60-71(97)85-64(74(100)84-63(45)70(96)79-22-12-23-86(2)3)65(91)39-16-20-54(48(76)29-39)103-57-32-41-31-56(67(57)93)102-53-19-13-36(24-47(53)75)25-49-68(94)81-61(72(98)83-62(41)73(99)82-60)40-26-42(87)33-43(27-40)101-55-30-37(14-18-51(55)89)59(77)69(95)80-49/h13-20,24,26-34,49,59-65,78,87-93H,4-12,21-23,25,35,77H2,1-3H3,(H,79,96)(H,80,95)(H,81,94)(H,82,99)(H,83,98)(H,84,100)(H,85,97)/t49-,59-,60-,61-,62-,63-,64-,65?/m0/s1. The number of fused-ring (bicyclic) bond motifs is 14. The summed E-state index contributed by atoms with van der Waals surface area (Å²) in [6, 6.07) is 8.82.